The van der Waals surface area contributed by atoms with Gasteiger partial charge in [-0.15, -0.1) is 0 Å². The molecule has 1 aliphatic heterocycles. The first kappa shape index (κ1) is 24.3. The number of benzene rings is 2. The SMILES string of the molecule is CCN(CC)S(=O)(=O)c1ccc(N2CC(C(=O)N(Cc3ccccc3F)C3CC3)CC2=O)cc1. The van der Waals surface area contributed by atoms with Crippen LogP contribution in [0.15, 0.2) is 53.4 Å². The monoisotopic (exact) mass is 487 g/mol. The van der Waals surface area contributed by atoms with E-state index in [9.17, 15) is 22.4 Å². The highest BCUT2D eigenvalue weighted by Crippen LogP contribution is 2.33. The second kappa shape index (κ2) is 9.84. The number of rotatable bonds is 9. The van der Waals surface area contributed by atoms with Crippen molar-refractivity contribution in [2.75, 3.05) is 24.5 Å². The number of amides is 2. The fourth-order valence-electron chi connectivity index (χ4n) is 4.45. The largest absolute Gasteiger partial charge is 0.335 e. The molecule has 7 nitrogen and oxygen atoms in total. The third-order valence-corrected chi connectivity index (χ3v) is 8.60. The van der Waals surface area contributed by atoms with Gasteiger partial charge in [0.2, 0.25) is 21.8 Å². The highest BCUT2D eigenvalue weighted by molar-refractivity contribution is 7.89. The van der Waals surface area contributed by atoms with Crippen LogP contribution in [-0.4, -0.2) is 55.1 Å². The van der Waals surface area contributed by atoms with Gasteiger partial charge in [0.15, 0.2) is 0 Å². The van der Waals surface area contributed by atoms with E-state index in [0.29, 0.717) is 24.3 Å². The molecule has 0 N–H and O–H groups in total. The van der Waals surface area contributed by atoms with E-state index in [2.05, 4.69) is 0 Å². The molecule has 1 atom stereocenters. The maximum absolute atomic E-state index is 14.2. The number of halogens is 1. The molecule has 2 aromatic rings. The van der Waals surface area contributed by atoms with E-state index in [-0.39, 0.29) is 48.1 Å². The lowest BCUT2D eigenvalue weighted by atomic mass is 10.1. The van der Waals surface area contributed by atoms with Gasteiger partial charge in [-0.1, -0.05) is 32.0 Å². The van der Waals surface area contributed by atoms with Crippen LogP contribution < -0.4 is 4.90 Å². The molecule has 182 valence electrons. The topological polar surface area (TPSA) is 78.0 Å². The quantitative estimate of drug-likeness (QED) is 0.543. The molecule has 0 bridgehead atoms. The zero-order chi connectivity index (χ0) is 24.5. The minimum absolute atomic E-state index is 0.0822. The van der Waals surface area contributed by atoms with E-state index in [1.807, 2.05) is 0 Å². The van der Waals surface area contributed by atoms with Crippen LogP contribution in [0, 0.1) is 11.7 Å². The summed E-state index contributed by atoms with van der Waals surface area (Å²) in [6.45, 7) is 4.73. The number of nitrogens with zero attached hydrogens (tertiary/aromatic N) is 3. The minimum Gasteiger partial charge on any atom is -0.335 e. The molecule has 2 fully saturated rings. The lowest BCUT2D eigenvalue weighted by Crippen LogP contribution is -2.38. The van der Waals surface area contributed by atoms with Gasteiger partial charge in [0.05, 0.1) is 10.8 Å². The normalized spacial score (nSPS) is 18.5. The summed E-state index contributed by atoms with van der Waals surface area (Å²) in [5.41, 5.74) is 1.03. The first-order valence-electron chi connectivity index (χ1n) is 11.7. The van der Waals surface area contributed by atoms with Crippen molar-refractivity contribution in [2.45, 2.75) is 50.6 Å². The number of carbonyl (C=O) groups excluding carboxylic acids is 2. The number of hydrogen-bond acceptors (Lipinski definition) is 4. The summed E-state index contributed by atoms with van der Waals surface area (Å²) in [7, 11) is -3.59. The zero-order valence-corrected chi connectivity index (χ0v) is 20.3. The van der Waals surface area contributed by atoms with Crippen molar-refractivity contribution >= 4 is 27.5 Å². The molecule has 9 heteroatoms. The number of sulfonamides is 1. The van der Waals surface area contributed by atoms with Gasteiger partial charge in [0.25, 0.3) is 0 Å². The van der Waals surface area contributed by atoms with Crippen molar-refractivity contribution in [1.29, 1.82) is 0 Å². The van der Waals surface area contributed by atoms with Crippen LogP contribution in [-0.2, 0) is 26.2 Å². The Balaban J connectivity index is 1.48. The first-order valence-corrected chi connectivity index (χ1v) is 13.1. The van der Waals surface area contributed by atoms with Crippen molar-refractivity contribution in [3.05, 3.63) is 59.9 Å². The molecule has 2 aliphatic rings. The van der Waals surface area contributed by atoms with Crippen LogP contribution in [0.3, 0.4) is 0 Å². The molecule has 1 saturated carbocycles. The van der Waals surface area contributed by atoms with Crippen molar-refractivity contribution in [3.8, 4) is 0 Å². The van der Waals surface area contributed by atoms with Crippen LogP contribution in [0.4, 0.5) is 10.1 Å². The predicted molar refractivity (Wildman–Crippen MR) is 127 cm³/mol. The van der Waals surface area contributed by atoms with Gasteiger partial charge in [-0.3, -0.25) is 9.59 Å². The third kappa shape index (κ3) is 4.86. The minimum atomic E-state index is -3.59. The molecule has 0 radical (unpaired) electrons. The van der Waals surface area contributed by atoms with Gasteiger partial charge in [0.1, 0.15) is 5.82 Å². The fourth-order valence-corrected chi connectivity index (χ4v) is 5.91. The number of hydrogen-bond donors (Lipinski definition) is 0. The van der Waals surface area contributed by atoms with E-state index in [1.165, 1.54) is 27.4 Å². The van der Waals surface area contributed by atoms with Gasteiger partial charge >= 0.3 is 0 Å². The zero-order valence-electron chi connectivity index (χ0n) is 19.5. The van der Waals surface area contributed by atoms with Gasteiger partial charge in [-0.2, -0.15) is 4.31 Å². The molecule has 0 spiro atoms. The fraction of sp³-hybridized carbons (Fsp3) is 0.440. The van der Waals surface area contributed by atoms with Crippen LogP contribution in [0.5, 0.6) is 0 Å². The molecule has 2 amide bonds. The van der Waals surface area contributed by atoms with Crippen molar-refractivity contribution < 1.29 is 22.4 Å². The standard InChI is InChI=1S/C25H30FN3O4S/c1-3-27(4-2)34(32,33)22-13-11-20(12-14-22)28-17-19(15-24(28)30)25(31)29(21-9-10-21)16-18-7-5-6-8-23(18)26/h5-8,11-14,19,21H,3-4,9-10,15-17H2,1-2H3. The summed E-state index contributed by atoms with van der Waals surface area (Å²) in [5.74, 6) is -1.18. The Morgan fingerprint density at radius 2 is 1.71 bits per heavy atom. The van der Waals surface area contributed by atoms with E-state index >= 15 is 0 Å². The maximum atomic E-state index is 14.2. The Hall–Kier alpha value is -2.78. The van der Waals surface area contributed by atoms with Crippen LogP contribution in [0.1, 0.15) is 38.7 Å². The summed E-state index contributed by atoms with van der Waals surface area (Å²) in [6, 6.07) is 12.7. The highest BCUT2D eigenvalue weighted by Gasteiger charge is 2.41. The van der Waals surface area contributed by atoms with Gasteiger partial charge in [0, 0.05) is 49.9 Å². The smallest absolute Gasteiger partial charge is 0.243 e. The Morgan fingerprint density at radius 3 is 2.29 bits per heavy atom. The molecule has 1 saturated heterocycles. The van der Waals surface area contributed by atoms with Crippen LogP contribution >= 0.6 is 0 Å². The average molecular weight is 488 g/mol. The van der Waals surface area contributed by atoms with Crippen LogP contribution in [0.25, 0.3) is 0 Å². The lowest BCUT2D eigenvalue weighted by molar-refractivity contribution is -0.137. The van der Waals surface area contributed by atoms with Gasteiger partial charge in [-0.05, 0) is 43.2 Å². The third-order valence-electron chi connectivity index (χ3n) is 6.54. The Kier molecular flexibility index (Phi) is 7.04. The van der Waals surface area contributed by atoms with Crippen LogP contribution in [0.2, 0.25) is 0 Å². The molecule has 0 aromatic heterocycles. The van der Waals surface area contributed by atoms with Crippen molar-refractivity contribution in [1.82, 2.24) is 9.21 Å². The molecule has 4 rings (SSSR count). The Morgan fingerprint density at radius 1 is 1.06 bits per heavy atom. The van der Waals surface area contributed by atoms with E-state index < -0.39 is 15.9 Å². The number of anilines is 1. The second-order valence-corrected chi connectivity index (χ2v) is 10.7. The molecular formula is C25H30FN3O4S. The Bertz CT molecular complexity index is 1160. The second-order valence-electron chi connectivity index (χ2n) is 8.78. The molecule has 34 heavy (non-hydrogen) atoms. The first-order chi connectivity index (χ1) is 16.3. The summed E-state index contributed by atoms with van der Waals surface area (Å²) in [4.78, 5) is 29.5. The summed E-state index contributed by atoms with van der Waals surface area (Å²) >= 11 is 0. The number of carbonyl (C=O) groups is 2. The molecular weight excluding hydrogens is 457 g/mol. The van der Waals surface area contributed by atoms with Gasteiger partial charge < -0.3 is 9.80 Å². The predicted octanol–water partition coefficient (Wildman–Crippen LogP) is 3.40. The van der Waals surface area contributed by atoms with E-state index in [4.69, 9.17) is 0 Å². The van der Waals surface area contributed by atoms with Gasteiger partial charge in [-0.25, -0.2) is 12.8 Å². The molecule has 1 aliphatic carbocycles. The van der Waals surface area contributed by atoms with Crippen molar-refractivity contribution in [3.63, 3.8) is 0 Å². The molecule has 1 heterocycles. The van der Waals surface area contributed by atoms with E-state index in [1.54, 1.807) is 49.1 Å². The Labute approximate surface area is 200 Å². The summed E-state index contributed by atoms with van der Waals surface area (Å²) < 4.78 is 41.0. The summed E-state index contributed by atoms with van der Waals surface area (Å²) in [5, 5.41) is 0. The average Bonchev–Trinajstić information content (AvgIpc) is 3.59. The maximum Gasteiger partial charge on any atom is 0.243 e. The van der Waals surface area contributed by atoms with Crippen molar-refractivity contribution in [2.24, 2.45) is 5.92 Å². The highest BCUT2D eigenvalue weighted by atomic mass is 32.2. The van der Waals surface area contributed by atoms with E-state index in [0.717, 1.165) is 12.8 Å². The molecule has 2 aromatic carbocycles. The molecule has 1 unspecified atom stereocenters. The lowest BCUT2D eigenvalue weighted by Gasteiger charge is -2.26. The summed E-state index contributed by atoms with van der Waals surface area (Å²) in [6.07, 6.45) is 1.85.